The van der Waals surface area contributed by atoms with Crippen molar-refractivity contribution in [3.8, 4) is 0 Å². The van der Waals surface area contributed by atoms with Crippen LogP contribution in [0.5, 0.6) is 0 Å². The number of carboxylic acid groups (broad SMARTS) is 1. The van der Waals surface area contributed by atoms with E-state index in [0.717, 1.165) is 16.2 Å². The molecule has 0 saturated carbocycles. The number of aliphatic carboxylic acids is 1. The van der Waals surface area contributed by atoms with Crippen LogP contribution in [0.25, 0.3) is 0 Å². The average molecular weight is 368 g/mol. The van der Waals surface area contributed by atoms with Crippen LogP contribution in [-0.2, 0) is 14.8 Å². The lowest BCUT2D eigenvalue weighted by Crippen LogP contribution is -2.40. The van der Waals surface area contributed by atoms with Crippen LogP contribution in [0.15, 0.2) is 46.0 Å². The number of anilines is 1. The standard InChI is InChI=1S/C15H16N2O5S2/c1-10(15(19)20)17(2)14(18)11-5-7-12(8-6-11)16-24(21,22)13-4-3-9-23-13/h3-10,16H,1-2H3,(H,19,20)/t10-/m1/s1. The zero-order chi connectivity index (χ0) is 17.9. The molecule has 2 aromatic rings. The van der Waals surface area contributed by atoms with Crippen LogP contribution in [0.4, 0.5) is 5.69 Å². The van der Waals surface area contributed by atoms with Crippen LogP contribution in [0.1, 0.15) is 17.3 Å². The maximum Gasteiger partial charge on any atom is 0.326 e. The van der Waals surface area contributed by atoms with Crippen LogP contribution in [0, 0.1) is 0 Å². The third-order valence-electron chi connectivity index (χ3n) is 3.40. The topological polar surface area (TPSA) is 104 Å². The Kier molecular flexibility index (Phi) is 5.25. The van der Waals surface area contributed by atoms with Gasteiger partial charge in [-0.05, 0) is 42.6 Å². The summed E-state index contributed by atoms with van der Waals surface area (Å²) >= 11 is 1.10. The summed E-state index contributed by atoms with van der Waals surface area (Å²) in [7, 11) is -2.25. The second-order valence-corrected chi connectivity index (χ2v) is 7.90. The summed E-state index contributed by atoms with van der Waals surface area (Å²) in [6.07, 6.45) is 0. The zero-order valence-electron chi connectivity index (χ0n) is 13.0. The molecule has 0 saturated heterocycles. The van der Waals surface area contributed by atoms with Crippen molar-refractivity contribution in [2.75, 3.05) is 11.8 Å². The van der Waals surface area contributed by atoms with Crippen molar-refractivity contribution in [3.05, 3.63) is 47.3 Å². The molecule has 0 aliphatic rings. The minimum atomic E-state index is -3.65. The Labute approximate surface area is 143 Å². The maximum atomic E-state index is 12.2. The van der Waals surface area contributed by atoms with Crippen molar-refractivity contribution in [2.45, 2.75) is 17.2 Å². The van der Waals surface area contributed by atoms with Gasteiger partial charge in [-0.3, -0.25) is 9.52 Å². The SMILES string of the molecule is C[C@H](C(=O)O)N(C)C(=O)c1ccc(NS(=O)(=O)c2cccs2)cc1. The molecule has 1 aromatic heterocycles. The summed E-state index contributed by atoms with van der Waals surface area (Å²) in [5, 5.41) is 10.6. The van der Waals surface area contributed by atoms with Crippen LogP contribution >= 0.6 is 11.3 Å². The first-order valence-electron chi connectivity index (χ1n) is 6.89. The Hall–Kier alpha value is -2.39. The number of carbonyl (C=O) groups is 2. The lowest BCUT2D eigenvalue weighted by Gasteiger charge is -2.21. The molecule has 1 heterocycles. The number of carbonyl (C=O) groups excluding carboxylic acids is 1. The van der Waals surface area contributed by atoms with Crippen LogP contribution in [-0.4, -0.2) is 43.4 Å². The number of benzene rings is 1. The number of nitrogens with zero attached hydrogens (tertiary/aromatic N) is 1. The number of amides is 1. The van der Waals surface area contributed by atoms with Gasteiger partial charge in [-0.25, -0.2) is 13.2 Å². The largest absolute Gasteiger partial charge is 0.480 e. The molecule has 0 unspecified atom stereocenters. The van der Waals surface area contributed by atoms with E-state index in [9.17, 15) is 18.0 Å². The minimum Gasteiger partial charge on any atom is -0.480 e. The summed E-state index contributed by atoms with van der Waals surface area (Å²) in [4.78, 5) is 24.2. The number of thiophene rings is 1. The Morgan fingerprint density at radius 1 is 1.21 bits per heavy atom. The fraction of sp³-hybridized carbons (Fsp3) is 0.200. The minimum absolute atomic E-state index is 0.192. The first-order valence-corrected chi connectivity index (χ1v) is 9.25. The third-order valence-corrected chi connectivity index (χ3v) is 6.18. The summed E-state index contributed by atoms with van der Waals surface area (Å²) in [5.41, 5.74) is 0.582. The van der Waals surface area contributed by atoms with E-state index in [0.29, 0.717) is 5.69 Å². The lowest BCUT2D eigenvalue weighted by molar-refractivity contribution is -0.141. The first-order chi connectivity index (χ1) is 11.2. The Morgan fingerprint density at radius 2 is 1.83 bits per heavy atom. The highest BCUT2D eigenvalue weighted by atomic mass is 32.2. The molecule has 1 amide bonds. The first kappa shape index (κ1) is 18.0. The van der Waals surface area contributed by atoms with Crippen molar-refractivity contribution >= 4 is 38.9 Å². The van der Waals surface area contributed by atoms with Crippen molar-refractivity contribution in [1.82, 2.24) is 4.90 Å². The van der Waals surface area contributed by atoms with E-state index in [1.807, 2.05) is 0 Å². The van der Waals surface area contributed by atoms with E-state index < -0.39 is 27.9 Å². The molecule has 2 rings (SSSR count). The molecule has 2 N–H and O–H groups in total. The van der Waals surface area contributed by atoms with Crippen molar-refractivity contribution in [1.29, 1.82) is 0 Å². The fourth-order valence-electron chi connectivity index (χ4n) is 1.85. The monoisotopic (exact) mass is 368 g/mol. The summed E-state index contributed by atoms with van der Waals surface area (Å²) < 4.78 is 26.8. The number of rotatable bonds is 6. The quantitative estimate of drug-likeness (QED) is 0.812. The highest BCUT2D eigenvalue weighted by Crippen LogP contribution is 2.20. The molecule has 0 aliphatic carbocycles. The average Bonchev–Trinajstić information content (AvgIpc) is 3.08. The number of likely N-dealkylation sites (N-methyl/N-ethyl adjacent to an activating group) is 1. The number of hydrogen-bond donors (Lipinski definition) is 2. The predicted molar refractivity (Wildman–Crippen MR) is 90.8 cm³/mol. The van der Waals surface area contributed by atoms with E-state index in [1.165, 1.54) is 44.3 Å². The molecular weight excluding hydrogens is 352 g/mol. The summed E-state index contributed by atoms with van der Waals surface area (Å²) in [6, 6.07) is 7.97. The van der Waals surface area contributed by atoms with Gasteiger partial charge >= 0.3 is 5.97 Å². The smallest absolute Gasteiger partial charge is 0.326 e. The maximum absolute atomic E-state index is 12.2. The molecule has 0 fully saturated rings. The molecule has 0 aliphatic heterocycles. The summed E-state index contributed by atoms with van der Waals surface area (Å²) in [6.45, 7) is 1.41. The second kappa shape index (κ2) is 7.02. The Bertz CT molecular complexity index is 829. The number of carboxylic acids is 1. The third kappa shape index (κ3) is 3.92. The molecule has 128 valence electrons. The van der Waals surface area contributed by atoms with Gasteiger partial charge in [0.05, 0.1) is 0 Å². The summed E-state index contributed by atoms with van der Waals surface area (Å²) in [5.74, 6) is -1.57. The van der Waals surface area contributed by atoms with Gasteiger partial charge < -0.3 is 10.0 Å². The van der Waals surface area contributed by atoms with Crippen LogP contribution in [0.2, 0.25) is 0 Å². The highest BCUT2D eigenvalue weighted by molar-refractivity contribution is 7.94. The van der Waals surface area contributed by atoms with Gasteiger partial charge in [-0.1, -0.05) is 6.07 Å². The molecule has 7 nitrogen and oxygen atoms in total. The Morgan fingerprint density at radius 3 is 2.33 bits per heavy atom. The zero-order valence-corrected chi connectivity index (χ0v) is 14.6. The van der Waals surface area contributed by atoms with Gasteiger partial charge in [0.2, 0.25) is 0 Å². The lowest BCUT2D eigenvalue weighted by atomic mass is 10.1. The van der Waals surface area contributed by atoms with E-state index in [4.69, 9.17) is 5.11 Å². The van der Waals surface area contributed by atoms with Crippen LogP contribution in [0.3, 0.4) is 0 Å². The molecular formula is C15H16N2O5S2. The number of nitrogens with one attached hydrogen (secondary N) is 1. The van der Waals surface area contributed by atoms with Crippen molar-refractivity contribution in [3.63, 3.8) is 0 Å². The molecule has 0 spiro atoms. The molecule has 24 heavy (non-hydrogen) atoms. The van der Waals surface area contributed by atoms with E-state index in [2.05, 4.69) is 4.72 Å². The van der Waals surface area contributed by atoms with Gasteiger partial charge in [0.1, 0.15) is 10.3 Å². The Balaban J connectivity index is 2.14. The van der Waals surface area contributed by atoms with Gasteiger partial charge in [-0.2, -0.15) is 0 Å². The predicted octanol–water partition coefficient (Wildman–Crippen LogP) is 2.09. The van der Waals surface area contributed by atoms with Crippen LogP contribution < -0.4 is 4.72 Å². The van der Waals surface area contributed by atoms with Crippen molar-refractivity contribution < 1.29 is 23.1 Å². The molecule has 1 aromatic carbocycles. The molecule has 0 radical (unpaired) electrons. The second-order valence-electron chi connectivity index (χ2n) is 5.05. The van der Waals surface area contributed by atoms with Gasteiger partial charge in [0.15, 0.2) is 0 Å². The van der Waals surface area contributed by atoms with Gasteiger partial charge in [-0.15, -0.1) is 11.3 Å². The number of sulfonamides is 1. The normalized spacial score (nSPS) is 12.4. The van der Waals surface area contributed by atoms with Gasteiger partial charge in [0.25, 0.3) is 15.9 Å². The fourth-order valence-corrected chi connectivity index (χ4v) is 3.90. The molecule has 1 atom stereocenters. The molecule has 0 bridgehead atoms. The van der Waals surface area contributed by atoms with Crippen molar-refractivity contribution in [2.24, 2.45) is 0 Å². The van der Waals surface area contributed by atoms with E-state index in [-0.39, 0.29) is 9.77 Å². The highest BCUT2D eigenvalue weighted by Gasteiger charge is 2.23. The van der Waals surface area contributed by atoms with Gasteiger partial charge in [0, 0.05) is 18.3 Å². The molecule has 9 heteroatoms. The van der Waals surface area contributed by atoms with E-state index in [1.54, 1.807) is 11.4 Å². The number of hydrogen-bond acceptors (Lipinski definition) is 5. The van der Waals surface area contributed by atoms with E-state index >= 15 is 0 Å².